The van der Waals surface area contributed by atoms with Crippen molar-refractivity contribution in [3.8, 4) is 0 Å². The van der Waals surface area contributed by atoms with Gasteiger partial charge in [0.15, 0.2) is 0 Å². The highest BCUT2D eigenvalue weighted by molar-refractivity contribution is 6.31. The molecule has 0 bridgehead atoms. The molecule has 4 heteroatoms. The van der Waals surface area contributed by atoms with Gasteiger partial charge in [0, 0.05) is 30.2 Å². The fourth-order valence-corrected chi connectivity index (χ4v) is 3.96. The number of nitrogens with zero attached hydrogens (tertiary/aromatic N) is 2. The van der Waals surface area contributed by atoms with E-state index in [9.17, 15) is 5.11 Å². The Bertz CT molecular complexity index is 468. The number of aliphatic hydroxyl groups excluding tert-OH is 1. The lowest BCUT2D eigenvalue weighted by Crippen LogP contribution is -2.43. The van der Waals surface area contributed by atoms with Gasteiger partial charge in [-0.3, -0.25) is 9.80 Å². The Hall–Kier alpha value is -0.610. The van der Waals surface area contributed by atoms with E-state index in [2.05, 4.69) is 21.9 Å². The quantitative estimate of drug-likeness (QED) is 0.906. The molecule has 2 heterocycles. The van der Waals surface area contributed by atoms with Crippen LogP contribution in [0.5, 0.6) is 0 Å². The smallest absolute Gasteiger partial charge is 0.0586 e. The lowest BCUT2D eigenvalue weighted by Gasteiger charge is -2.31. The summed E-state index contributed by atoms with van der Waals surface area (Å²) >= 11 is 6.30. The normalized spacial score (nSPS) is 27.5. The number of likely N-dealkylation sites (tertiary alicyclic amines) is 2. The topological polar surface area (TPSA) is 26.7 Å². The summed E-state index contributed by atoms with van der Waals surface area (Å²) in [6.45, 7) is 4.64. The Labute approximate surface area is 132 Å². The van der Waals surface area contributed by atoms with Crippen LogP contribution in [0, 0.1) is 0 Å². The van der Waals surface area contributed by atoms with Crippen LogP contribution in [0.3, 0.4) is 0 Å². The van der Waals surface area contributed by atoms with Crippen LogP contribution in [0.4, 0.5) is 0 Å². The first-order chi connectivity index (χ1) is 10.3. The zero-order valence-corrected chi connectivity index (χ0v) is 13.3. The Morgan fingerprint density at radius 1 is 1.05 bits per heavy atom. The molecule has 3 rings (SSSR count). The lowest BCUT2D eigenvalue weighted by molar-refractivity contribution is 0.120. The minimum atomic E-state index is 0.303. The summed E-state index contributed by atoms with van der Waals surface area (Å²) in [7, 11) is 0. The average molecular weight is 309 g/mol. The molecule has 2 aliphatic rings. The van der Waals surface area contributed by atoms with Gasteiger partial charge in [-0.1, -0.05) is 29.8 Å². The van der Waals surface area contributed by atoms with Crippen molar-refractivity contribution in [3.05, 3.63) is 34.9 Å². The number of aliphatic hydroxyl groups is 1. The van der Waals surface area contributed by atoms with Crippen LogP contribution in [-0.4, -0.2) is 53.2 Å². The molecule has 116 valence electrons. The molecule has 1 aromatic rings. The molecule has 0 aromatic heterocycles. The largest absolute Gasteiger partial charge is 0.395 e. The molecule has 3 nitrogen and oxygen atoms in total. The molecule has 21 heavy (non-hydrogen) atoms. The van der Waals surface area contributed by atoms with Gasteiger partial charge in [-0.05, 0) is 50.4 Å². The van der Waals surface area contributed by atoms with Gasteiger partial charge in [-0.25, -0.2) is 0 Å². The van der Waals surface area contributed by atoms with Gasteiger partial charge < -0.3 is 5.11 Å². The van der Waals surface area contributed by atoms with Crippen molar-refractivity contribution in [1.29, 1.82) is 0 Å². The number of rotatable bonds is 5. The van der Waals surface area contributed by atoms with Crippen LogP contribution >= 0.6 is 11.6 Å². The second-order valence-corrected chi connectivity index (χ2v) is 6.74. The minimum absolute atomic E-state index is 0.303. The lowest BCUT2D eigenvalue weighted by atomic mass is 10.1. The number of hydrogen-bond donors (Lipinski definition) is 1. The highest BCUT2D eigenvalue weighted by atomic mass is 35.5. The third kappa shape index (κ3) is 3.59. The van der Waals surface area contributed by atoms with Crippen molar-refractivity contribution < 1.29 is 5.11 Å². The van der Waals surface area contributed by atoms with Gasteiger partial charge in [0.05, 0.1) is 6.61 Å². The summed E-state index contributed by atoms with van der Waals surface area (Å²) < 4.78 is 0. The van der Waals surface area contributed by atoms with Crippen LogP contribution in [-0.2, 0) is 6.54 Å². The maximum atomic E-state index is 9.48. The molecular formula is C17H25ClN2O. The molecule has 0 aliphatic carbocycles. The van der Waals surface area contributed by atoms with E-state index in [0.29, 0.717) is 18.7 Å². The van der Waals surface area contributed by atoms with Crippen molar-refractivity contribution >= 4 is 11.6 Å². The summed E-state index contributed by atoms with van der Waals surface area (Å²) in [5.74, 6) is 0. The first-order valence-electron chi connectivity index (χ1n) is 8.10. The molecule has 2 saturated heterocycles. The summed E-state index contributed by atoms with van der Waals surface area (Å²) in [5, 5.41) is 10.3. The molecule has 2 atom stereocenters. The fourth-order valence-electron chi connectivity index (χ4n) is 3.77. The SMILES string of the molecule is OCC1CCCN1CC1CCCN1Cc1ccccc1Cl. The van der Waals surface area contributed by atoms with E-state index in [0.717, 1.165) is 37.6 Å². The summed E-state index contributed by atoms with van der Waals surface area (Å²) in [6.07, 6.45) is 4.90. The molecule has 2 aliphatic heterocycles. The maximum Gasteiger partial charge on any atom is 0.0586 e. The van der Waals surface area contributed by atoms with E-state index in [-0.39, 0.29) is 0 Å². The Morgan fingerprint density at radius 2 is 1.76 bits per heavy atom. The van der Waals surface area contributed by atoms with Crippen LogP contribution in [0.15, 0.2) is 24.3 Å². The molecule has 2 fully saturated rings. The zero-order chi connectivity index (χ0) is 14.7. The maximum absolute atomic E-state index is 9.48. The van der Waals surface area contributed by atoms with Crippen LogP contribution in [0.25, 0.3) is 0 Å². The Kier molecular flexibility index (Phi) is 5.17. The van der Waals surface area contributed by atoms with E-state index in [1.807, 2.05) is 12.1 Å². The number of hydrogen-bond acceptors (Lipinski definition) is 3. The van der Waals surface area contributed by atoms with E-state index in [1.54, 1.807) is 0 Å². The van der Waals surface area contributed by atoms with Crippen LogP contribution in [0.2, 0.25) is 5.02 Å². The number of benzene rings is 1. The van der Waals surface area contributed by atoms with Gasteiger partial charge >= 0.3 is 0 Å². The van der Waals surface area contributed by atoms with E-state index in [4.69, 9.17) is 11.6 Å². The third-order valence-electron chi connectivity index (χ3n) is 4.99. The van der Waals surface area contributed by atoms with Crippen molar-refractivity contribution in [3.63, 3.8) is 0 Å². The number of halogens is 1. The molecule has 0 radical (unpaired) electrons. The average Bonchev–Trinajstić information content (AvgIpc) is 3.11. The first-order valence-corrected chi connectivity index (χ1v) is 8.48. The van der Waals surface area contributed by atoms with E-state index in [1.165, 1.54) is 24.8 Å². The molecular weight excluding hydrogens is 284 g/mol. The second-order valence-electron chi connectivity index (χ2n) is 6.33. The monoisotopic (exact) mass is 308 g/mol. The first kappa shape index (κ1) is 15.3. The molecule has 0 saturated carbocycles. The van der Waals surface area contributed by atoms with Crippen molar-refractivity contribution in [2.45, 2.75) is 44.3 Å². The summed E-state index contributed by atoms with van der Waals surface area (Å²) in [6, 6.07) is 9.15. The summed E-state index contributed by atoms with van der Waals surface area (Å²) in [5.41, 5.74) is 1.23. The predicted molar refractivity (Wildman–Crippen MR) is 86.6 cm³/mol. The van der Waals surface area contributed by atoms with Crippen LogP contribution < -0.4 is 0 Å². The van der Waals surface area contributed by atoms with Gasteiger partial charge in [-0.15, -0.1) is 0 Å². The van der Waals surface area contributed by atoms with Gasteiger partial charge in [0.2, 0.25) is 0 Å². The Balaban J connectivity index is 1.62. The van der Waals surface area contributed by atoms with Crippen molar-refractivity contribution in [2.75, 3.05) is 26.2 Å². The highest BCUT2D eigenvalue weighted by Gasteiger charge is 2.31. The van der Waals surface area contributed by atoms with Gasteiger partial charge in [0.25, 0.3) is 0 Å². The second kappa shape index (κ2) is 7.10. The molecule has 2 unspecified atom stereocenters. The Morgan fingerprint density at radius 3 is 2.52 bits per heavy atom. The fraction of sp³-hybridized carbons (Fsp3) is 0.647. The highest BCUT2D eigenvalue weighted by Crippen LogP contribution is 2.26. The molecule has 0 amide bonds. The van der Waals surface area contributed by atoms with Crippen molar-refractivity contribution in [2.24, 2.45) is 0 Å². The van der Waals surface area contributed by atoms with Crippen molar-refractivity contribution in [1.82, 2.24) is 9.80 Å². The predicted octanol–water partition coefficient (Wildman–Crippen LogP) is 2.76. The molecule has 1 N–H and O–H groups in total. The standard InChI is InChI=1S/C17H25ClN2O/c18-17-8-2-1-5-14(17)11-19-9-3-6-15(19)12-20-10-4-7-16(20)13-21/h1-2,5,8,15-16,21H,3-4,6-7,9-13H2. The third-order valence-corrected chi connectivity index (χ3v) is 5.35. The van der Waals surface area contributed by atoms with Crippen LogP contribution in [0.1, 0.15) is 31.2 Å². The van der Waals surface area contributed by atoms with E-state index < -0.39 is 0 Å². The molecule has 0 spiro atoms. The minimum Gasteiger partial charge on any atom is -0.395 e. The zero-order valence-electron chi connectivity index (χ0n) is 12.5. The summed E-state index contributed by atoms with van der Waals surface area (Å²) in [4.78, 5) is 5.05. The van der Waals surface area contributed by atoms with Gasteiger partial charge in [0.1, 0.15) is 0 Å². The molecule has 1 aromatic carbocycles. The van der Waals surface area contributed by atoms with E-state index >= 15 is 0 Å². The van der Waals surface area contributed by atoms with Gasteiger partial charge in [-0.2, -0.15) is 0 Å².